The van der Waals surface area contributed by atoms with Gasteiger partial charge in [0.15, 0.2) is 5.82 Å². The zero-order valence-electron chi connectivity index (χ0n) is 11.9. The molecule has 1 aliphatic rings. The maximum Gasteiger partial charge on any atom is 0.306 e. The first-order valence-electron chi connectivity index (χ1n) is 6.97. The number of aromatic nitrogens is 2. The molecular weight excluding hydrogens is 296 g/mol. The molecule has 0 bridgehead atoms. The number of aliphatic carboxylic acids is 1. The summed E-state index contributed by atoms with van der Waals surface area (Å²) in [6.45, 7) is 2.44. The Morgan fingerprint density at radius 2 is 2.19 bits per heavy atom. The van der Waals surface area contributed by atoms with Crippen molar-refractivity contribution in [3.63, 3.8) is 0 Å². The molecule has 118 valence electrons. The molecule has 0 amide bonds. The van der Waals surface area contributed by atoms with Gasteiger partial charge in [-0.15, -0.1) is 0 Å². The smallest absolute Gasteiger partial charge is 0.306 e. The summed E-state index contributed by atoms with van der Waals surface area (Å²) < 4.78 is 28.1. The SMILES string of the molecule is CCCc1cc(NS(=O)(=O)N2CCC(C(=O)O)CC2)n[nH]1. The number of piperidine rings is 1. The molecule has 2 heterocycles. The van der Waals surface area contributed by atoms with Crippen molar-refractivity contribution >= 4 is 22.0 Å². The van der Waals surface area contributed by atoms with Gasteiger partial charge < -0.3 is 5.11 Å². The summed E-state index contributed by atoms with van der Waals surface area (Å²) in [7, 11) is -3.68. The molecule has 2 rings (SSSR count). The van der Waals surface area contributed by atoms with Crippen molar-refractivity contribution in [3.05, 3.63) is 11.8 Å². The average Bonchev–Trinajstić information content (AvgIpc) is 2.86. The van der Waals surface area contributed by atoms with Crippen molar-refractivity contribution in [1.29, 1.82) is 0 Å². The van der Waals surface area contributed by atoms with Crippen molar-refractivity contribution in [2.75, 3.05) is 17.8 Å². The lowest BCUT2D eigenvalue weighted by molar-refractivity contribution is -0.142. The van der Waals surface area contributed by atoms with Crippen LogP contribution in [-0.4, -0.2) is 47.1 Å². The molecule has 1 aliphatic heterocycles. The maximum absolute atomic E-state index is 12.2. The number of hydrogen-bond donors (Lipinski definition) is 3. The monoisotopic (exact) mass is 316 g/mol. The number of anilines is 1. The van der Waals surface area contributed by atoms with Crippen LogP contribution < -0.4 is 4.72 Å². The third kappa shape index (κ3) is 3.94. The molecule has 0 spiro atoms. The highest BCUT2D eigenvalue weighted by Gasteiger charge is 2.31. The van der Waals surface area contributed by atoms with Gasteiger partial charge in [0.05, 0.1) is 5.92 Å². The Morgan fingerprint density at radius 3 is 2.76 bits per heavy atom. The van der Waals surface area contributed by atoms with E-state index in [0.29, 0.717) is 12.8 Å². The summed E-state index contributed by atoms with van der Waals surface area (Å²) in [5.41, 5.74) is 0.875. The Bertz CT molecular complexity index is 590. The van der Waals surface area contributed by atoms with E-state index in [1.54, 1.807) is 6.07 Å². The van der Waals surface area contributed by atoms with E-state index in [4.69, 9.17) is 5.11 Å². The second kappa shape index (κ2) is 6.44. The van der Waals surface area contributed by atoms with Crippen LogP contribution in [-0.2, 0) is 21.4 Å². The van der Waals surface area contributed by atoms with Crippen LogP contribution in [0, 0.1) is 5.92 Å². The Kier molecular flexibility index (Phi) is 4.84. The first-order valence-corrected chi connectivity index (χ1v) is 8.41. The van der Waals surface area contributed by atoms with Crippen LogP contribution in [0.3, 0.4) is 0 Å². The molecule has 8 nitrogen and oxygen atoms in total. The molecule has 0 atom stereocenters. The number of hydrogen-bond acceptors (Lipinski definition) is 4. The Hall–Kier alpha value is -1.61. The van der Waals surface area contributed by atoms with Crippen LogP contribution >= 0.6 is 0 Å². The van der Waals surface area contributed by atoms with Crippen LogP contribution in [0.5, 0.6) is 0 Å². The highest BCUT2D eigenvalue weighted by atomic mass is 32.2. The first kappa shape index (κ1) is 15.8. The average molecular weight is 316 g/mol. The number of carboxylic acids is 1. The van der Waals surface area contributed by atoms with Gasteiger partial charge in [-0.05, 0) is 19.3 Å². The lowest BCUT2D eigenvalue weighted by atomic mass is 9.99. The number of aryl methyl sites for hydroxylation is 1. The number of H-pyrrole nitrogens is 1. The number of carbonyl (C=O) groups is 1. The molecular formula is C12H20N4O4S. The van der Waals surface area contributed by atoms with Gasteiger partial charge in [-0.1, -0.05) is 13.3 Å². The lowest BCUT2D eigenvalue weighted by Gasteiger charge is -2.28. The van der Waals surface area contributed by atoms with Gasteiger partial charge in [0.1, 0.15) is 0 Å². The van der Waals surface area contributed by atoms with E-state index in [9.17, 15) is 13.2 Å². The predicted octanol–water partition coefficient (Wildman–Crippen LogP) is 0.815. The van der Waals surface area contributed by atoms with Crippen molar-refractivity contribution in [1.82, 2.24) is 14.5 Å². The standard InChI is InChI=1S/C12H20N4O4S/c1-2-3-10-8-11(14-13-10)15-21(19,20)16-6-4-9(5-7-16)12(17)18/h8-9H,2-7H2,1H3,(H,17,18)(H2,13,14,15). The van der Waals surface area contributed by atoms with Crippen molar-refractivity contribution in [2.24, 2.45) is 5.92 Å². The second-order valence-electron chi connectivity index (χ2n) is 5.15. The number of aromatic amines is 1. The van der Waals surface area contributed by atoms with Gasteiger partial charge in [-0.3, -0.25) is 14.6 Å². The number of rotatable bonds is 6. The topological polar surface area (TPSA) is 115 Å². The van der Waals surface area contributed by atoms with Gasteiger partial charge in [0, 0.05) is 24.8 Å². The van der Waals surface area contributed by atoms with Crippen molar-refractivity contribution < 1.29 is 18.3 Å². The fourth-order valence-corrected chi connectivity index (χ4v) is 3.54. The Balaban J connectivity index is 1.97. The van der Waals surface area contributed by atoms with Crippen LogP contribution in [0.2, 0.25) is 0 Å². The lowest BCUT2D eigenvalue weighted by Crippen LogP contribution is -2.43. The van der Waals surface area contributed by atoms with Crippen LogP contribution in [0.15, 0.2) is 6.07 Å². The maximum atomic E-state index is 12.2. The second-order valence-corrected chi connectivity index (χ2v) is 6.82. The number of carboxylic acid groups (broad SMARTS) is 1. The summed E-state index contributed by atoms with van der Waals surface area (Å²) >= 11 is 0. The van der Waals surface area contributed by atoms with Crippen molar-refractivity contribution in [2.45, 2.75) is 32.6 Å². The van der Waals surface area contributed by atoms with E-state index >= 15 is 0 Å². The van der Waals surface area contributed by atoms with Gasteiger partial charge in [-0.25, -0.2) is 0 Å². The van der Waals surface area contributed by atoms with Crippen LogP contribution in [0.1, 0.15) is 31.9 Å². The molecule has 3 N–H and O–H groups in total. The van der Waals surface area contributed by atoms with Crippen molar-refractivity contribution in [3.8, 4) is 0 Å². The molecule has 1 aromatic rings. The minimum Gasteiger partial charge on any atom is -0.481 e. The van der Waals surface area contributed by atoms with E-state index in [-0.39, 0.29) is 18.9 Å². The fraction of sp³-hybridized carbons (Fsp3) is 0.667. The molecule has 0 radical (unpaired) electrons. The van der Waals surface area contributed by atoms with Gasteiger partial charge >= 0.3 is 16.2 Å². The minimum absolute atomic E-state index is 0.207. The Morgan fingerprint density at radius 1 is 1.52 bits per heavy atom. The number of nitrogens with zero attached hydrogens (tertiary/aromatic N) is 2. The molecule has 0 unspecified atom stereocenters. The summed E-state index contributed by atoms with van der Waals surface area (Å²) in [4.78, 5) is 10.9. The van der Waals surface area contributed by atoms with E-state index in [1.165, 1.54) is 4.31 Å². The highest BCUT2D eigenvalue weighted by molar-refractivity contribution is 7.90. The summed E-state index contributed by atoms with van der Waals surface area (Å²) in [6, 6.07) is 1.67. The van der Waals surface area contributed by atoms with E-state index in [0.717, 1.165) is 18.5 Å². The van der Waals surface area contributed by atoms with Gasteiger partial charge in [0.25, 0.3) is 0 Å². The predicted molar refractivity (Wildman–Crippen MR) is 77.1 cm³/mol. The normalized spacial score (nSPS) is 17.8. The van der Waals surface area contributed by atoms with Crippen LogP contribution in [0.25, 0.3) is 0 Å². The molecule has 0 aromatic carbocycles. The largest absolute Gasteiger partial charge is 0.481 e. The molecule has 0 aliphatic carbocycles. The third-order valence-electron chi connectivity index (χ3n) is 3.53. The summed E-state index contributed by atoms with van der Waals surface area (Å²) in [6.07, 6.45) is 2.41. The van der Waals surface area contributed by atoms with Crippen LogP contribution in [0.4, 0.5) is 5.82 Å². The van der Waals surface area contributed by atoms with E-state index < -0.39 is 22.1 Å². The molecule has 21 heavy (non-hydrogen) atoms. The van der Waals surface area contributed by atoms with E-state index in [1.807, 2.05) is 6.92 Å². The van der Waals surface area contributed by atoms with Gasteiger partial charge in [-0.2, -0.15) is 17.8 Å². The summed E-state index contributed by atoms with van der Waals surface area (Å²) in [5.74, 6) is -1.06. The highest BCUT2D eigenvalue weighted by Crippen LogP contribution is 2.20. The molecule has 9 heteroatoms. The van der Waals surface area contributed by atoms with Gasteiger partial charge in [0.2, 0.25) is 0 Å². The zero-order valence-corrected chi connectivity index (χ0v) is 12.7. The molecule has 1 fully saturated rings. The zero-order chi connectivity index (χ0) is 15.5. The molecule has 1 aromatic heterocycles. The van der Waals surface area contributed by atoms with E-state index in [2.05, 4.69) is 14.9 Å². The summed E-state index contributed by atoms with van der Waals surface area (Å²) in [5, 5.41) is 15.6. The Labute approximate surface area is 123 Å². The molecule has 0 saturated carbocycles. The number of nitrogens with one attached hydrogen (secondary N) is 2. The fourth-order valence-electron chi connectivity index (χ4n) is 2.35. The minimum atomic E-state index is -3.68. The molecule has 1 saturated heterocycles. The first-order chi connectivity index (χ1) is 9.92. The quantitative estimate of drug-likeness (QED) is 0.718. The third-order valence-corrected chi connectivity index (χ3v) is 5.04.